The molecule has 1 amide bonds. The van der Waals surface area contributed by atoms with Gasteiger partial charge in [0.15, 0.2) is 6.61 Å². The van der Waals surface area contributed by atoms with E-state index in [-0.39, 0.29) is 25.1 Å². The van der Waals surface area contributed by atoms with Gasteiger partial charge in [0.25, 0.3) is 5.91 Å². The molecular weight excluding hydrogens is 466 g/mol. The maximum absolute atomic E-state index is 12.9. The van der Waals surface area contributed by atoms with E-state index >= 15 is 0 Å². The van der Waals surface area contributed by atoms with E-state index in [9.17, 15) is 4.79 Å². The fourth-order valence-corrected chi connectivity index (χ4v) is 3.71. The molecule has 0 atom stereocenters. The number of aromatic nitrogens is 2. The topological polar surface area (TPSA) is 77.7 Å². The van der Waals surface area contributed by atoms with Crippen molar-refractivity contribution in [2.75, 3.05) is 6.61 Å². The zero-order valence-electron chi connectivity index (χ0n) is 19.0. The smallest absolute Gasteiger partial charge is 0.261 e. The zero-order valence-corrected chi connectivity index (χ0v) is 19.7. The molecule has 178 valence electrons. The molecule has 3 aromatic carbocycles. The van der Waals surface area contributed by atoms with Crippen LogP contribution in [-0.4, -0.2) is 33.7 Å². The molecule has 0 N–H and O–H groups in total. The average molecular weight is 490 g/mol. The van der Waals surface area contributed by atoms with Crippen LogP contribution in [0.5, 0.6) is 11.5 Å². The number of ether oxygens (including phenoxy) is 2. The maximum atomic E-state index is 12.9. The van der Waals surface area contributed by atoms with Gasteiger partial charge in [-0.25, -0.2) is 0 Å². The van der Waals surface area contributed by atoms with Crippen LogP contribution in [0.15, 0.2) is 83.3 Å². The summed E-state index contributed by atoms with van der Waals surface area (Å²) in [4.78, 5) is 14.7. The molecule has 1 aliphatic rings. The fourth-order valence-electron chi connectivity index (χ4n) is 3.58. The molecule has 0 unspecified atom stereocenters. The van der Waals surface area contributed by atoms with Gasteiger partial charge in [-0.1, -0.05) is 41.9 Å². The summed E-state index contributed by atoms with van der Waals surface area (Å²) in [6.07, 6.45) is 1.91. The molecule has 0 aliphatic heterocycles. The van der Waals surface area contributed by atoms with Gasteiger partial charge in [0.05, 0.1) is 6.54 Å². The van der Waals surface area contributed by atoms with Crippen molar-refractivity contribution in [2.45, 2.75) is 32.0 Å². The molecule has 1 saturated carbocycles. The average Bonchev–Trinajstić information content (AvgIpc) is 3.63. The number of hydrogen-bond acceptors (Lipinski definition) is 6. The van der Waals surface area contributed by atoms with Gasteiger partial charge in [0.1, 0.15) is 18.1 Å². The SMILES string of the molecule is O=C(COc1ccc(OCc2ccccc2)cc1)N(Cc1nnc(-c2ccc(Cl)cc2)o1)C1CC1. The first-order valence-electron chi connectivity index (χ1n) is 11.4. The van der Waals surface area contributed by atoms with Crippen LogP contribution in [0.25, 0.3) is 11.5 Å². The highest BCUT2D eigenvalue weighted by atomic mass is 35.5. The van der Waals surface area contributed by atoms with Crippen molar-refractivity contribution in [1.29, 1.82) is 0 Å². The van der Waals surface area contributed by atoms with Crippen molar-refractivity contribution >= 4 is 17.5 Å². The molecular formula is C27H24ClN3O4. The van der Waals surface area contributed by atoms with Crippen LogP contribution in [0.1, 0.15) is 24.3 Å². The molecule has 7 nitrogen and oxygen atoms in total. The minimum Gasteiger partial charge on any atom is -0.489 e. The Balaban J connectivity index is 1.14. The summed E-state index contributed by atoms with van der Waals surface area (Å²) >= 11 is 5.94. The van der Waals surface area contributed by atoms with E-state index in [1.54, 1.807) is 29.2 Å². The molecule has 8 heteroatoms. The predicted molar refractivity (Wildman–Crippen MR) is 131 cm³/mol. The van der Waals surface area contributed by atoms with Crippen molar-refractivity contribution in [2.24, 2.45) is 0 Å². The molecule has 0 spiro atoms. The highest BCUT2D eigenvalue weighted by Gasteiger charge is 2.34. The lowest BCUT2D eigenvalue weighted by Gasteiger charge is -2.20. The second kappa shape index (κ2) is 10.6. The van der Waals surface area contributed by atoms with Gasteiger partial charge in [0.2, 0.25) is 11.8 Å². The van der Waals surface area contributed by atoms with Crippen molar-refractivity contribution in [3.05, 3.63) is 95.3 Å². The minimum atomic E-state index is -0.122. The Bertz CT molecular complexity index is 1260. The number of hydrogen-bond donors (Lipinski definition) is 0. The van der Waals surface area contributed by atoms with Gasteiger partial charge in [0, 0.05) is 16.6 Å². The van der Waals surface area contributed by atoms with Crippen molar-refractivity contribution in [3.8, 4) is 23.0 Å². The van der Waals surface area contributed by atoms with Crippen molar-refractivity contribution < 1.29 is 18.7 Å². The van der Waals surface area contributed by atoms with Gasteiger partial charge >= 0.3 is 0 Å². The van der Waals surface area contributed by atoms with Crippen LogP contribution >= 0.6 is 11.6 Å². The summed E-state index contributed by atoms with van der Waals surface area (Å²) in [5, 5.41) is 8.85. The molecule has 1 aromatic heterocycles. The lowest BCUT2D eigenvalue weighted by atomic mass is 10.2. The Morgan fingerprint density at radius 3 is 2.29 bits per heavy atom. The van der Waals surface area contributed by atoms with Crippen molar-refractivity contribution in [1.82, 2.24) is 15.1 Å². The molecule has 0 bridgehead atoms. The Kier molecular flexibility index (Phi) is 6.95. The normalized spacial score (nSPS) is 12.8. The van der Waals surface area contributed by atoms with Crippen LogP contribution in [0.2, 0.25) is 5.02 Å². The van der Waals surface area contributed by atoms with Gasteiger partial charge in [-0.2, -0.15) is 0 Å². The first kappa shape index (κ1) is 22.9. The number of carbonyl (C=O) groups excluding carboxylic acids is 1. The van der Waals surface area contributed by atoms with Crippen LogP contribution in [-0.2, 0) is 17.9 Å². The zero-order chi connectivity index (χ0) is 24.0. The summed E-state index contributed by atoms with van der Waals surface area (Å²) in [6.45, 7) is 0.671. The lowest BCUT2D eigenvalue weighted by molar-refractivity contribution is -0.134. The molecule has 1 heterocycles. The number of carbonyl (C=O) groups is 1. The number of rotatable bonds is 10. The Hall–Kier alpha value is -3.84. The summed E-state index contributed by atoms with van der Waals surface area (Å²) in [6, 6.07) is 24.6. The predicted octanol–water partition coefficient (Wildman–Crippen LogP) is 5.54. The van der Waals surface area contributed by atoms with Crippen molar-refractivity contribution in [3.63, 3.8) is 0 Å². The van der Waals surface area contributed by atoms with E-state index in [2.05, 4.69) is 10.2 Å². The summed E-state index contributed by atoms with van der Waals surface area (Å²) in [7, 11) is 0. The van der Waals surface area contributed by atoms with E-state index < -0.39 is 0 Å². The number of halogens is 1. The molecule has 0 radical (unpaired) electrons. The largest absolute Gasteiger partial charge is 0.489 e. The van der Waals surface area contributed by atoms with E-state index in [4.69, 9.17) is 25.5 Å². The second-order valence-corrected chi connectivity index (χ2v) is 8.73. The summed E-state index contributed by atoms with van der Waals surface area (Å²) < 4.78 is 17.3. The van der Waals surface area contributed by atoms with Crippen LogP contribution < -0.4 is 9.47 Å². The third-order valence-corrected chi connectivity index (χ3v) is 5.86. The Morgan fingerprint density at radius 2 is 1.60 bits per heavy atom. The molecule has 1 aliphatic carbocycles. The standard InChI is InChI=1S/C27H24ClN3O4/c28-21-8-6-20(7-9-21)27-30-29-25(35-27)16-31(22-10-11-22)26(32)18-34-24-14-12-23(13-15-24)33-17-19-4-2-1-3-5-19/h1-9,12-15,22H,10-11,16-18H2. The molecule has 5 rings (SSSR count). The number of nitrogens with zero attached hydrogens (tertiary/aromatic N) is 3. The van der Waals surface area contributed by atoms with E-state index in [0.717, 1.165) is 29.7 Å². The Morgan fingerprint density at radius 1 is 0.914 bits per heavy atom. The number of amides is 1. The van der Waals surface area contributed by atoms with Gasteiger partial charge in [-0.3, -0.25) is 4.79 Å². The second-order valence-electron chi connectivity index (χ2n) is 8.30. The number of benzene rings is 3. The monoisotopic (exact) mass is 489 g/mol. The van der Waals surface area contributed by atoms with E-state index in [0.29, 0.717) is 29.2 Å². The van der Waals surface area contributed by atoms with Crippen LogP contribution in [0.4, 0.5) is 0 Å². The van der Waals surface area contributed by atoms with Crippen LogP contribution in [0.3, 0.4) is 0 Å². The lowest BCUT2D eigenvalue weighted by Crippen LogP contribution is -2.36. The van der Waals surface area contributed by atoms with Gasteiger partial charge in [-0.15, -0.1) is 10.2 Å². The first-order valence-corrected chi connectivity index (χ1v) is 11.8. The van der Waals surface area contributed by atoms with Gasteiger partial charge in [-0.05, 0) is 66.9 Å². The maximum Gasteiger partial charge on any atom is 0.261 e. The highest BCUT2D eigenvalue weighted by Crippen LogP contribution is 2.29. The summed E-state index contributed by atoms with van der Waals surface area (Å²) in [5.74, 6) is 1.99. The Labute approximate surface area is 208 Å². The third kappa shape index (κ3) is 6.19. The molecule has 1 fully saturated rings. The fraction of sp³-hybridized carbons (Fsp3) is 0.222. The van der Waals surface area contributed by atoms with Crippen LogP contribution in [0, 0.1) is 0 Å². The molecule has 0 saturated heterocycles. The molecule has 4 aromatic rings. The third-order valence-electron chi connectivity index (χ3n) is 5.61. The molecule has 35 heavy (non-hydrogen) atoms. The van der Waals surface area contributed by atoms with E-state index in [1.807, 2.05) is 54.6 Å². The summed E-state index contributed by atoms with van der Waals surface area (Å²) in [5.41, 5.74) is 1.87. The quantitative estimate of drug-likeness (QED) is 0.291. The van der Waals surface area contributed by atoms with E-state index in [1.165, 1.54) is 0 Å². The minimum absolute atomic E-state index is 0.0705. The van der Waals surface area contributed by atoms with Gasteiger partial charge < -0.3 is 18.8 Å². The first-order chi connectivity index (χ1) is 17.1. The highest BCUT2D eigenvalue weighted by molar-refractivity contribution is 6.30.